The lowest BCUT2D eigenvalue weighted by Gasteiger charge is -2.12. The van der Waals surface area contributed by atoms with Crippen LogP contribution in [0.3, 0.4) is 0 Å². The average molecular weight is 417 g/mol. The summed E-state index contributed by atoms with van der Waals surface area (Å²) in [4.78, 5) is 8.94. The zero-order chi connectivity index (χ0) is 19.0. The van der Waals surface area contributed by atoms with E-state index in [-0.39, 0.29) is 5.88 Å². The number of fused-ring (bicyclic) bond motifs is 1. The minimum Gasteiger partial charge on any atom is -0.493 e. The Morgan fingerprint density at radius 2 is 1.78 bits per heavy atom. The number of aromatic hydroxyl groups is 1. The van der Waals surface area contributed by atoms with Crippen molar-refractivity contribution < 1.29 is 5.11 Å². The van der Waals surface area contributed by atoms with Gasteiger partial charge in [-0.25, -0.2) is 4.98 Å². The summed E-state index contributed by atoms with van der Waals surface area (Å²) in [7, 11) is 0. The summed E-state index contributed by atoms with van der Waals surface area (Å²) in [5.41, 5.74) is 2.43. The lowest BCUT2D eigenvalue weighted by atomic mass is 10.1. The molecule has 0 bridgehead atoms. The van der Waals surface area contributed by atoms with Gasteiger partial charge >= 0.3 is 0 Å². The molecule has 2 heterocycles. The molecule has 27 heavy (non-hydrogen) atoms. The van der Waals surface area contributed by atoms with Gasteiger partial charge in [0.15, 0.2) is 5.82 Å². The molecule has 8 heteroatoms. The van der Waals surface area contributed by atoms with Crippen LogP contribution < -0.4 is 0 Å². The molecule has 4 aromatic rings. The Kier molecular flexibility index (Phi) is 4.95. The van der Waals surface area contributed by atoms with E-state index in [1.807, 2.05) is 36.4 Å². The predicted octanol–water partition coefficient (Wildman–Crippen LogP) is 4.75. The number of rotatable bonds is 4. The van der Waals surface area contributed by atoms with E-state index in [1.54, 1.807) is 12.1 Å². The molecule has 1 atom stereocenters. The zero-order valence-electron chi connectivity index (χ0n) is 13.9. The van der Waals surface area contributed by atoms with E-state index >= 15 is 0 Å². The van der Waals surface area contributed by atoms with Crippen LogP contribution in [0.1, 0.15) is 27.9 Å². The summed E-state index contributed by atoms with van der Waals surface area (Å²) >= 11 is 16.7. The molecular weight excluding hydrogens is 403 g/mol. The Morgan fingerprint density at radius 3 is 2.52 bits per heavy atom. The summed E-state index contributed by atoms with van der Waals surface area (Å²) in [6.45, 7) is 0. The van der Waals surface area contributed by atoms with Gasteiger partial charge in [-0.15, -0.1) is 5.10 Å². The number of aromatic nitrogens is 4. The maximum Gasteiger partial charge on any atom is 0.255 e. The quantitative estimate of drug-likeness (QED) is 0.471. The van der Waals surface area contributed by atoms with Crippen molar-refractivity contribution in [3.63, 3.8) is 0 Å². The van der Waals surface area contributed by atoms with Gasteiger partial charge in [-0.1, -0.05) is 59.6 Å². The van der Waals surface area contributed by atoms with Crippen LogP contribution in [0.2, 0.25) is 10.0 Å². The first-order chi connectivity index (χ1) is 13.0. The maximum absolute atomic E-state index is 10.4. The number of nitrogens with zero attached hydrogens (tertiary/aromatic N) is 4. The second kappa shape index (κ2) is 7.38. The van der Waals surface area contributed by atoms with Crippen LogP contribution in [0.15, 0.2) is 54.6 Å². The highest BCUT2D eigenvalue weighted by Crippen LogP contribution is 2.33. The minimum atomic E-state index is -0.398. The van der Waals surface area contributed by atoms with Crippen molar-refractivity contribution in [3.05, 3.63) is 87.3 Å². The third kappa shape index (κ3) is 3.74. The topological polar surface area (TPSA) is 63.3 Å². The van der Waals surface area contributed by atoms with Crippen molar-refractivity contribution >= 4 is 41.6 Å². The summed E-state index contributed by atoms with van der Waals surface area (Å²) in [5, 5.41) is 15.2. The molecule has 0 saturated carbocycles. The number of hydrogen-bond donors (Lipinski definition) is 2. The molecule has 2 aromatic heterocycles. The van der Waals surface area contributed by atoms with E-state index in [2.05, 4.69) is 27.7 Å². The first kappa shape index (κ1) is 18.1. The summed E-state index contributed by atoms with van der Waals surface area (Å²) in [6, 6.07) is 16.6. The van der Waals surface area contributed by atoms with Crippen molar-refractivity contribution in [2.75, 3.05) is 0 Å². The van der Waals surface area contributed by atoms with Crippen molar-refractivity contribution in [2.24, 2.45) is 0 Å². The van der Waals surface area contributed by atoms with Crippen molar-refractivity contribution in [1.29, 1.82) is 0 Å². The van der Waals surface area contributed by atoms with Crippen LogP contribution >= 0.6 is 35.8 Å². The van der Waals surface area contributed by atoms with Crippen LogP contribution in [0, 0.1) is 0 Å². The van der Waals surface area contributed by atoms with Crippen LogP contribution in [-0.4, -0.2) is 24.7 Å². The van der Waals surface area contributed by atoms with Crippen LogP contribution in [0.4, 0.5) is 0 Å². The molecule has 4 rings (SSSR count). The zero-order valence-corrected chi connectivity index (χ0v) is 16.3. The molecule has 0 saturated heterocycles. The highest BCUT2D eigenvalue weighted by molar-refractivity contribution is 7.80. The van der Waals surface area contributed by atoms with Gasteiger partial charge in [-0.3, -0.25) is 0 Å². The second-order valence-electron chi connectivity index (χ2n) is 6.02. The van der Waals surface area contributed by atoms with Crippen molar-refractivity contribution in [3.8, 4) is 5.88 Å². The molecule has 0 aliphatic carbocycles. The number of halogens is 2. The molecule has 1 unspecified atom stereocenters. The first-order valence-electron chi connectivity index (χ1n) is 8.14. The standard InChI is InChI=1S/C19H14Cl2N4OS/c20-13-7-6-12(9-14(13)21)18(27)15-10-17(26)25-19(22-15)23-16(24-25)8-11-4-2-1-3-5-11/h1-7,9-10,18,26-27H,8H2. The van der Waals surface area contributed by atoms with Gasteiger partial charge in [0.2, 0.25) is 5.88 Å². The van der Waals surface area contributed by atoms with Crippen LogP contribution in [0.5, 0.6) is 5.88 Å². The van der Waals surface area contributed by atoms with E-state index < -0.39 is 5.25 Å². The number of hydrogen-bond acceptors (Lipinski definition) is 5. The molecule has 136 valence electrons. The summed E-state index contributed by atoms with van der Waals surface area (Å²) in [5.74, 6) is 0.836. The largest absolute Gasteiger partial charge is 0.493 e. The molecular formula is C19H14Cl2N4OS. The predicted molar refractivity (Wildman–Crippen MR) is 109 cm³/mol. The van der Waals surface area contributed by atoms with E-state index in [9.17, 15) is 5.11 Å². The fourth-order valence-electron chi connectivity index (χ4n) is 2.76. The van der Waals surface area contributed by atoms with E-state index in [1.165, 1.54) is 10.6 Å². The minimum absolute atomic E-state index is 0.0547. The second-order valence-corrected chi connectivity index (χ2v) is 7.35. The van der Waals surface area contributed by atoms with Gasteiger partial charge < -0.3 is 5.11 Å². The van der Waals surface area contributed by atoms with E-state index in [4.69, 9.17) is 23.2 Å². The lowest BCUT2D eigenvalue weighted by molar-refractivity contribution is 0.433. The van der Waals surface area contributed by atoms with Crippen LogP contribution in [-0.2, 0) is 6.42 Å². The molecule has 0 spiro atoms. The normalized spacial score (nSPS) is 12.4. The third-order valence-corrected chi connectivity index (χ3v) is 5.40. The van der Waals surface area contributed by atoms with Gasteiger partial charge in [0, 0.05) is 12.5 Å². The van der Waals surface area contributed by atoms with Crippen LogP contribution in [0.25, 0.3) is 5.78 Å². The average Bonchev–Trinajstić information content (AvgIpc) is 3.07. The van der Waals surface area contributed by atoms with Gasteiger partial charge in [-0.2, -0.15) is 22.1 Å². The summed E-state index contributed by atoms with van der Waals surface area (Å²) in [6.07, 6.45) is 0.552. The third-order valence-electron chi connectivity index (χ3n) is 4.10. The molecule has 2 aromatic carbocycles. The highest BCUT2D eigenvalue weighted by Gasteiger charge is 2.17. The Morgan fingerprint density at radius 1 is 1.00 bits per heavy atom. The fraction of sp³-hybridized carbons (Fsp3) is 0.105. The molecule has 0 aliphatic heterocycles. The molecule has 0 fully saturated rings. The Hall–Kier alpha value is -2.28. The smallest absolute Gasteiger partial charge is 0.255 e. The lowest BCUT2D eigenvalue weighted by Crippen LogP contribution is -2.01. The Bertz CT molecular complexity index is 1120. The Balaban J connectivity index is 1.69. The monoisotopic (exact) mass is 416 g/mol. The van der Waals surface area contributed by atoms with Gasteiger partial charge in [-0.05, 0) is 23.3 Å². The molecule has 0 aliphatic rings. The molecule has 5 nitrogen and oxygen atoms in total. The van der Waals surface area contributed by atoms with E-state index in [0.29, 0.717) is 33.8 Å². The van der Waals surface area contributed by atoms with Gasteiger partial charge in [0.25, 0.3) is 5.78 Å². The molecule has 0 amide bonds. The van der Waals surface area contributed by atoms with Crippen molar-refractivity contribution in [2.45, 2.75) is 11.7 Å². The van der Waals surface area contributed by atoms with Gasteiger partial charge in [0.1, 0.15) is 0 Å². The highest BCUT2D eigenvalue weighted by atomic mass is 35.5. The maximum atomic E-state index is 10.4. The fourth-order valence-corrected chi connectivity index (χ4v) is 3.36. The molecule has 1 N–H and O–H groups in total. The van der Waals surface area contributed by atoms with Crippen molar-refractivity contribution in [1.82, 2.24) is 19.6 Å². The molecule has 0 radical (unpaired) electrons. The number of benzene rings is 2. The number of thiol groups is 1. The van der Waals surface area contributed by atoms with Gasteiger partial charge in [0.05, 0.1) is 21.0 Å². The summed E-state index contributed by atoms with van der Waals surface area (Å²) < 4.78 is 1.32. The Labute approximate surface area is 171 Å². The first-order valence-corrected chi connectivity index (χ1v) is 9.41. The SMILES string of the molecule is Oc1cc(C(S)c2ccc(Cl)c(Cl)c2)nc2nc(Cc3ccccc3)nn12. The van der Waals surface area contributed by atoms with E-state index in [0.717, 1.165) is 11.1 Å².